The first-order valence-electron chi connectivity index (χ1n) is 5.62. The highest BCUT2D eigenvalue weighted by molar-refractivity contribution is 8.16. The van der Waals surface area contributed by atoms with Crippen molar-refractivity contribution in [2.75, 3.05) is 0 Å². The second kappa shape index (κ2) is 5.44. The zero-order valence-corrected chi connectivity index (χ0v) is 11.3. The molecule has 0 radical (unpaired) electrons. The van der Waals surface area contributed by atoms with Crippen LogP contribution in [0, 0.1) is 0 Å². The van der Waals surface area contributed by atoms with Gasteiger partial charge in [0, 0.05) is 5.57 Å². The number of amides is 1. The number of hydrogen-bond donors (Lipinski definition) is 2. The summed E-state index contributed by atoms with van der Waals surface area (Å²) in [5.74, 6) is -0.618. The Kier molecular flexibility index (Phi) is 4.40. The fourth-order valence-electron chi connectivity index (χ4n) is 1.89. The second-order valence-corrected chi connectivity index (χ2v) is 5.50. The highest BCUT2D eigenvalue weighted by Gasteiger charge is 2.46. The standard InChI is InChI=1S/C13H17NO3S/c1-4-8(3)6-13(7-10(14)15)11(16)9(5-2)12(17)18-13/h4,6,16H,1,5,7H2,2-3H3,(H2,14,15). The average molecular weight is 267 g/mol. The van der Waals surface area contributed by atoms with Crippen LogP contribution in [-0.2, 0) is 9.59 Å². The molecular formula is C13H17NO3S. The Balaban J connectivity index is 3.32. The van der Waals surface area contributed by atoms with Crippen molar-refractivity contribution in [3.63, 3.8) is 0 Å². The van der Waals surface area contributed by atoms with Gasteiger partial charge in [-0.05, 0) is 13.3 Å². The minimum absolute atomic E-state index is 0.0556. The van der Waals surface area contributed by atoms with Gasteiger partial charge in [0.1, 0.15) is 10.5 Å². The zero-order chi connectivity index (χ0) is 13.9. The molecule has 1 aliphatic heterocycles. The Morgan fingerprint density at radius 3 is 2.61 bits per heavy atom. The molecule has 1 atom stereocenters. The van der Waals surface area contributed by atoms with Gasteiger partial charge in [-0.1, -0.05) is 43.0 Å². The number of thioether (sulfide) groups is 1. The van der Waals surface area contributed by atoms with Gasteiger partial charge in [-0.3, -0.25) is 9.59 Å². The van der Waals surface area contributed by atoms with E-state index in [1.165, 1.54) is 0 Å². The number of nitrogens with two attached hydrogens (primary N) is 1. The molecule has 0 spiro atoms. The van der Waals surface area contributed by atoms with E-state index < -0.39 is 10.7 Å². The number of carbonyl (C=O) groups excluding carboxylic acids is 2. The second-order valence-electron chi connectivity index (χ2n) is 4.20. The van der Waals surface area contributed by atoms with Crippen molar-refractivity contribution in [2.45, 2.75) is 31.4 Å². The van der Waals surface area contributed by atoms with Crippen molar-refractivity contribution < 1.29 is 14.7 Å². The number of allylic oxidation sites excluding steroid dienone is 2. The maximum absolute atomic E-state index is 11.8. The molecule has 1 amide bonds. The highest BCUT2D eigenvalue weighted by Crippen LogP contribution is 2.47. The summed E-state index contributed by atoms with van der Waals surface area (Å²) in [6.07, 6.45) is 3.60. The molecule has 1 rings (SSSR count). The van der Waals surface area contributed by atoms with Gasteiger partial charge in [-0.25, -0.2) is 0 Å². The molecule has 0 aromatic rings. The minimum Gasteiger partial charge on any atom is -0.510 e. The maximum atomic E-state index is 11.8. The summed E-state index contributed by atoms with van der Waals surface area (Å²) in [5, 5.41) is 10.0. The van der Waals surface area contributed by atoms with Gasteiger partial charge in [0.05, 0.1) is 6.42 Å². The van der Waals surface area contributed by atoms with Gasteiger partial charge >= 0.3 is 0 Å². The first-order valence-corrected chi connectivity index (χ1v) is 6.44. The number of hydrogen-bond acceptors (Lipinski definition) is 4. The van der Waals surface area contributed by atoms with E-state index in [2.05, 4.69) is 6.58 Å². The highest BCUT2D eigenvalue weighted by atomic mass is 32.2. The van der Waals surface area contributed by atoms with Crippen LogP contribution in [0.5, 0.6) is 0 Å². The molecular weight excluding hydrogens is 250 g/mol. The summed E-state index contributed by atoms with van der Waals surface area (Å²) in [5.41, 5.74) is 6.35. The topological polar surface area (TPSA) is 80.4 Å². The van der Waals surface area contributed by atoms with Crippen LogP contribution in [-0.4, -0.2) is 20.9 Å². The lowest BCUT2D eigenvalue weighted by atomic mass is 9.95. The predicted molar refractivity (Wildman–Crippen MR) is 73.0 cm³/mol. The molecule has 3 N–H and O–H groups in total. The molecule has 1 heterocycles. The van der Waals surface area contributed by atoms with Crippen molar-refractivity contribution in [2.24, 2.45) is 5.73 Å². The molecule has 1 aliphatic rings. The van der Waals surface area contributed by atoms with Crippen LogP contribution in [0.4, 0.5) is 0 Å². The maximum Gasteiger partial charge on any atom is 0.220 e. The van der Waals surface area contributed by atoms with Crippen molar-refractivity contribution in [3.8, 4) is 0 Å². The van der Waals surface area contributed by atoms with Gasteiger partial charge in [0.2, 0.25) is 11.0 Å². The van der Waals surface area contributed by atoms with Gasteiger partial charge in [-0.2, -0.15) is 0 Å². The molecule has 0 fully saturated rings. The third-order valence-electron chi connectivity index (χ3n) is 2.78. The molecule has 0 aliphatic carbocycles. The number of aliphatic hydroxyl groups is 1. The van der Waals surface area contributed by atoms with Crippen LogP contribution in [0.15, 0.2) is 35.6 Å². The lowest BCUT2D eigenvalue weighted by Gasteiger charge is -2.23. The molecule has 0 aromatic carbocycles. The lowest BCUT2D eigenvalue weighted by molar-refractivity contribution is -0.118. The van der Waals surface area contributed by atoms with Crippen molar-refractivity contribution in [1.29, 1.82) is 0 Å². The molecule has 0 bridgehead atoms. The summed E-state index contributed by atoms with van der Waals surface area (Å²) >= 11 is 0.938. The fourth-order valence-corrected chi connectivity index (χ4v) is 3.27. The Labute approximate surface area is 111 Å². The molecule has 0 aromatic heterocycles. The first-order chi connectivity index (χ1) is 8.36. The van der Waals surface area contributed by atoms with E-state index in [1.807, 2.05) is 0 Å². The third-order valence-corrected chi connectivity index (χ3v) is 4.03. The van der Waals surface area contributed by atoms with E-state index in [0.29, 0.717) is 12.0 Å². The van der Waals surface area contributed by atoms with Gasteiger partial charge in [-0.15, -0.1) is 0 Å². The van der Waals surface area contributed by atoms with Crippen molar-refractivity contribution in [1.82, 2.24) is 0 Å². The van der Waals surface area contributed by atoms with Gasteiger partial charge < -0.3 is 10.8 Å². The van der Waals surface area contributed by atoms with E-state index in [9.17, 15) is 14.7 Å². The van der Waals surface area contributed by atoms with Crippen LogP contribution >= 0.6 is 11.8 Å². The average Bonchev–Trinajstić information content (AvgIpc) is 2.49. The monoisotopic (exact) mass is 267 g/mol. The molecule has 18 heavy (non-hydrogen) atoms. The van der Waals surface area contributed by atoms with E-state index in [0.717, 1.165) is 17.3 Å². The molecule has 98 valence electrons. The summed E-state index contributed by atoms with van der Waals surface area (Å²) in [4.78, 5) is 23.0. The largest absolute Gasteiger partial charge is 0.510 e. The van der Waals surface area contributed by atoms with Crippen LogP contribution in [0.1, 0.15) is 26.7 Å². The van der Waals surface area contributed by atoms with E-state index in [-0.39, 0.29) is 17.3 Å². The summed E-state index contributed by atoms with van der Waals surface area (Å²) in [6, 6.07) is 0. The SMILES string of the molecule is C=CC(C)=CC1(CC(N)=O)SC(=O)C(CC)=C1O. The number of carbonyl (C=O) groups is 2. The third kappa shape index (κ3) is 2.67. The van der Waals surface area contributed by atoms with E-state index in [4.69, 9.17) is 5.73 Å². The van der Waals surface area contributed by atoms with E-state index >= 15 is 0 Å². The number of rotatable bonds is 5. The summed E-state index contributed by atoms with van der Waals surface area (Å²) in [7, 11) is 0. The minimum atomic E-state index is -1.06. The predicted octanol–water partition coefficient (Wildman–Crippen LogP) is 2.23. The Morgan fingerprint density at radius 2 is 2.22 bits per heavy atom. The Hall–Kier alpha value is -1.49. The zero-order valence-electron chi connectivity index (χ0n) is 10.5. The lowest BCUT2D eigenvalue weighted by Crippen LogP contribution is -2.30. The number of primary amides is 1. The van der Waals surface area contributed by atoms with Crippen LogP contribution in [0.25, 0.3) is 0 Å². The molecule has 0 saturated heterocycles. The quantitative estimate of drug-likeness (QED) is 0.748. The van der Waals surface area contributed by atoms with Gasteiger partial charge in [0.15, 0.2) is 0 Å². The fraction of sp³-hybridized carbons (Fsp3) is 0.385. The van der Waals surface area contributed by atoms with Crippen LogP contribution in [0.3, 0.4) is 0 Å². The molecule has 4 nitrogen and oxygen atoms in total. The first kappa shape index (κ1) is 14.6. The Bertz CT molecular complexity index is 465. The van der Waals surface area contributed by atoms with Crippen LogP contribution in [0.2, 0.25) is 0 Å². The summed E-state index contributed by atoms with van der Waals surface area (Å²) in [6.45, 7) is 7.20. The van der Waals surface area contributed by atoms with E-state index in [1.54, 1.807) is 26.0 Å². The van der Waals surface area contributed by atoms with Crippen molar-refractivity contribution >= 4 is 22.8 Å². The Morgan fingerprint density at radius 1 is 1.61 bits per heavy atom. The molecule has 5 heteroatoms. The smallest absolute Gasteiger partial charge is 0.220 e. The molecule has 1 unspecified atom stereocenters. The van der Waals surface area contributed by atoms with Gasteiger partial charge in [0.25, 0.3) is 0 Å². The number of aliphatic hydroxyl groups excluding tert-OH is 1. The van der Waals surface area contributed by atoms with Crippen molar-refractivity contribution in [3.05, 3.63) is 35.6 Å². The normalized spacial score (nSPS) is 24.6. The molecule has 0 saturated carbocycles. The summed E-state index contributed by atoms with van der Waals surface area (Å²) < 4.78 is -1.06. The van der Waals surface area contributed by atoms with Crippen LogP contribution < -0.4 is 5.73 Å².